The van der Waals surface area contributed by atoms with Gasteiger partial charge in [-0.15, -0.1) is 16.4 Å². The van der Waals surface area contributed by atoms with E-state index in [4.69, 9.17) is 9.47 Å². The molecule has 0 spiro atoms. The number of hydrogen-bond donors (Lipinski definition) is 2. The molecule has 2 aromatic carbocycles. The van der Waals surface area contributed by atoms with Crippen molar-refractivity contribution in [3.05, 3.63) is 59.1 Å². The maximum absolute atomic E-state index is 12.3. The highest BCUT2D eigenvalue weighted by molar-refractivity contribution is 7.15. The van der Waals surface area contributed by atoms with Crippen LogP contribution in [0.5, 0.6) is 11.5 Å². The SMILES string of the molecule is Cc1ccccc1-c1nc2scc(CCNC(=O)C(=O)Nc3ccc4c(c3)OCCO4)n2n1. The van der Waals surface area contributed by atoms with Crippen molar-refractivity contribution in [2.45, 2.75) is 13.3 Å². The van der Waals surface area contributed by atoms with E-state index in [0.29, 0.717) is 49.2 Å². The molecule has 2 amide bonds. The number of benzene rings is 2. The zero-order valence-electron chi connectivity index (χ0n) is 17.8. The summed E-state index contributed by atoms with van der Waals surface area (Å²) in [6.07, 6.45) is 0.514. The summed E-state index contributed by atoms with van der Waals surface area (Å²) < 4.78 is 12.7. The lowest BCUT2D eigenvalue weighted by atomic mass is 10.1. The van der Waals surface area contributed by atoms with Crippen LogP contribution < -0.4 is 20.1 Å². The second-order valence-electron chi connectivity index (χ2n) is 7.49. The van der Waals surface area contributed by atoms with Crippen molar-refractivity contribution in [2.24, 2.45) is 0 Å². The summed E-state index contributed by atoms with van der Waals surface area (Å²) in [5.41, 5.74) is 3.47. The van der Waals surface area contributed by atoms with E-state index in [-0.39, 0.29) is 0 Å². The molecule has 5 rings (SSSR count). The minimum atomic E-state index is -0.746. The summed E-state index contributed by atoms with van der Waals surface area (Å²) in [4.78, 5) is 29.9. The molecule has 1 aliphatic heterocycles. The highest BCUT2D eigenvalue weighted by Crippen LogP contribution is 2.32. The van der Waals surface area contributed by atoms with E-state index in [0.717, 1.165) is 21.8 Å². The number of fused-ring (bicyclic) bond motifs is 2. The first-order valence-corrected chi connectivity index (χ1v) is 11.3. The van der Waals surface area contributed by atoms with Gasteiger partial charge in [-0.25, -0.2) is 4.52 Å². The van der Waals surface area contributed by atoms with E-state index in [2.05, 4.69) is 20.7 Å². The monoisotopic (exact) mass is 463 g/mol. The van der Waals surface area contributed by atoms with Crippen molar-refractivity contribution in [3.63, 3.8) is 0 Å². The Hall–Kier alpha value is -3.92. The molecule has 33 heavy (non-hydrogen) atoms. The fourth-order valence-corrected chi connectivity index (χ4v) is 4.38. The Labute approximate surface area is 193 Å². The van der Waals surface area contributed by atoms with Crippen LogP contribution in [-0.4, -0.2) is 46.2 Å². The summed E-state index contributed by atoms with van der Waals surface area (Å²) in [7, 11) is 0. The molecule has 3 heterocycles. The van der Waals surface area contributed by atoms with E-state index in [1.54, 1.807) is 22.7 Å². The number of aromatic nitrogens is 3. The summed E-state index contributed by atoms with van der Waals surface area (Å²) in [5.74, 6) is 0.368. The molecule has 168 valence electrons. The molecule has 2 aromatic heterocycles. The van der Waals surface area contributed by atoms with Gasteiger partial charge in [0.15, 0.2) is 17.3 Å². The van der Waals surface area contributed by atoms with Gasteiger partial charge in [0.25, 0.3) is 0 Å². The van der Waals surface area contributed by atoms with Crippen LogP contribution in [0.4, 0.5) is 5.69 Å². The number of nitrogens with zero attached hydrogens (tertiary/aromatic N) is 3. The van der Waals surface area contributed by atoms with Gasteiger partial charge in [0.1, 0.15) is 13.2 Å². The number of carbonyl (C=O) groups is 2. The number of rotatable bonds is 5. The molecule has 0 aliphatic carbocycles. The van der Waals surface area contributed by atoms with Gasteiger partial charge in [-0.3, -0.25) is 9.59 Å². The van der Waals surface area contributed by atoms with Gasteiger partial charge in [-0.05, 0) is 24.6 Å². The number of anilines is 1. The first kappa shape index (κ1) is 21.0. The van der Waals surface area contributed by atoms with Crippen LogP contribution in [0, 0.1) is 6.92 Å². The predicted octanol–water partition coefficient (Wildman–Crippen LogP) is 2.83. The molecule has 0 atom stereocenters. The average Bonchev–Trinajstić information content (AvgIpc) is 3.41. The van der Waals surface area contributed by atoms with Crippen molar-refractivity contribution >= 4 is 33.8 Å². The molecule has 0 fully saturated rings. The molecule has 0 bridgehead atoms. The number of aryl methyl sites for hydroxylation is 1. The number of hydrogen-bond acceptors (Lipinski definition) is 7. The van der Waals surface area contributed by atoms with Gasteiger partial charge in [-0.1, -0.05) is 24.3 Å². The Morgan fingerprint density at radius 1 is 1.09 bits per heavy atom. The van der Waals surface area contributed by atoms with Crippen LogP contribution in [0.3, 0.4) is 0 Å². The van der Waals surface area contributed by atoms with E-state index in [9.17, 15) is 9.59 Å². The van der Waals surface area contributed by atoms with Crippen molar-refractivity contribution < 1.29 is 19.1 Å². The third kappa shape index (κ3) is 4.37. The quantitative estimate of drug-likeness (QED) is 0.441. The molecule has 10 heteroatoms. The smallest absolute Gasteiger partial charge is 0.313 e. The summed E-state index contributed by atoms with van der Waals surface area (Å²) in [5, 5.41) is 11.8. The Bertz CT molecular complexity index is 1350. The fourth-order valence-electron chi connectivity index (χ4n) is 3.53. The molecule has 0 radical (unpaired) electrons. The number of thiazole rings is 1. The van der Waals surface area contributed by atoms with Crippen molar-refractivity contribution in [1.82, 2.24) is 19.9 Å². The van der Waals surface area contributed by atoms with Gasteiger partial charge >= 0.3 is 11.8 Å². The molecule has 0 unspecified atom stereocenters. The first-order valence-electron chi connectivity index (χ1n) is 10.5. The van der Waals surface area contributed by atoms with Crippen molar-refractivity contribution in [2.75, 3.05) is 25.1 Å². The van der Waals surface area contributed by atoms with Crippen LogP contribution in [-0.2, 0) is 16.0 Å². The van der Waals surface area contributed by atoms with Crippen LogP contribution in [0.15, 0.2) is 47.8 Å². The predicted molar refractivity (Wildman–Crippen MR) is 124 cm³/mol. The second-order valence-corrected chi connectivity index (χ2v) is 8.33. The second kappa shape index (κ2) is 8.91. The third-order valence-corrected chi connectivity index (χ3v) is 6.07. The lowest BCUT2D eigenvalue weighted by Crippen LogP contribution is -2.36. The maximum atomic E-state index is 12.3. The average molecular weight is 464 g/mol. The number of amides is 2. The highest BCUT2D eigenvalue weighted by atomic mass is 32.1. The lowest BCUT2D eigenvalue weighted by Gasteiger charge is -2.18. The molecular weight excluding hydrogens is 442 g/mol. The molecule has 4 aromatic rings. The summed E-state index contributed by atoms with van der Waals surface area (Å²) in [6, 6.07) is 13.0. The van der Waals surface area contributed by atoms with E-state index >= 15 is 0 Å². The largest absolute Gasteiger partial charge is 0.486 e. The maximum Gasteiger partial charge on any atom is 0.313 e. The van der Waals surface area contributed by atoms with E-state index in [1.807, 2.05) is 36.6 Å². The number of nitrogens with one attached hydrogen (secondary N) is 2. The molecular formula is C23H21N5O4S. The third-order valence-electron chi connectivity index (χ3n) is 5.21. The minimum absolute atomic E-state index is 0.290. The number of ether oxygens (including phenoxy) is 2. The van der Waals surface area contributed by atoms with Crippen LogP contribution in [0.25, 0.3) is 16.3 Å². The normalized spacial score (nSPS) is 12.5. The van der Waals surface area contributed by atoms with Crippen molar-refractivity contribution in [3.8, 4) is 22.9 Å². The summed E-state index contributed by atoms with van der Waals surface area (Å²) >= 11 is 1.49. The minimum Gasteiger partial charge on any atom is -0.486 e. The van der Waals surface area contributed by atoms with Crippen LogP contribution >= 0.6 is 11.3 Å². The van der Waals surface area contributed by atoms with Gasteiger partial charge in [0.05, 0.1) is 5.69 Å². The van der Waals surface area contributed by atoms with Crippen molar-refractivity contribution in [1.29, 1.82) is 0 Å². The lowest BCUT2D eigenvalue weighted by molar-refractivity contribution is -0.136. The van der Waals surface area contributed by atoms with Gasteiger partial charge < -0.3 is 20.1 Å². The Morgan fingerprint density at radius 3 is 2.76 bits per heavy atom. The van der Waals surface area contributed by atoms with E-state index in [1.165, 1.54) is 11.3 Å². The first-order chi connectivity index (χ1) is 16.1. The molecule has 9 nitrogen and oxygen atoms in total. The standard InChI is InChI=1S/C23H21N5O4S/c1-14-4-2-3-5-17(14)20-26-23-28(27-20)16(13-33-23)8-9-24-21(29)22(30)25-15-6-7-18-19(12-15)32-11-10-31-18/h2-7,12-13H,8-11H2,1H3,(H,24,29)(H,25,30). The number of carbonyl (C=O) groups excluding carboxylic acids is 2. The van der Waals surface area contributed by atoms with Crippen LogP contribution in [0.1, 0.15) is 11.3 Å². The van der Waals surface area contributed by atoms with Gasteiger partial charge in [-0.2, -0.15) is 4.98 Å². The zero-order valence-corrected chi connectivity index (χ0v) is 18.6. The molecule has 1 aliphatic rings. The van der Waals surface area contributed by atoms with Crippen LogP contribution in [0.2, 0.25) is 0 Å². The topological polar surface area (TPSA) is 107 Å². The Kier molecular flexibility index (Phi) is 5.66. The molecule has 2 N–H and O–H groups in total. The Balaban J connectivity index is 1.18. The molecule has 0 saturated heterocycles. The van der Waals surface area contributed by atoms with E-state index < -0.39 is 11.8 Å². The van der Waals surface area contributed by atoms with Gasteiger partial charge in [0, 0.05) is 35.7 Å². The highest BCUT2D eigenvalue weighted by Gasteiger charge is 2.17. The van der Waals surface area contributed by atoms with Gasteiger partial charge in [0.2, 0.25) is 4.96 Å². The Morgan fingerprint density at radius 2 is 1.91 bits per heavy atom. The zero-order chi connectivity index (χ0) is 22.8. The fraction of sp³-hybridized carbons (Fsp3) is 0.217. The molecule has 0 saturated carbocycles. The summed E-state index contributed by atoms with van der Waals surface area (Å²) in [6.45, 7) is 3.24.